The number of amides is 1. The van der Waals surface area contributed by atoms with E-state index < -0.39 is 0 Å². The quantitative estimate of drug-likeness (QED) is 0.827. The van der Waals surface area contributed by atoms with E-state index in [9.17, 15) is 9.59 Å². The van der Waals surface area contributed by atoms with Gasteiger partial charge in [-0.15, -0.1) is 0 Å². The van der Waals surface area contributed by atoms with Gasteiger partial charge in [-0.3, -0.25) is 9.59 Å². The number of nitrogens with zero attached hydrogens (tertiary/aromatic N) is 4. The SMILES string of the molecule is CN(C)c1ncc2c(=O)[nH]c([C@H]3CCCN(C(=O)CC[C@H]4CCCO4)C3)cc2n1. The Morgan fingerprint density at radius 1 is 1.34 bits per heavy atom. The van der Waals surface area contributed by atoms with Crippen molar-refractivity contribution in [2.24, 2.45) is 0 Å². The van der Waals surface area contributed by atoms with Gasteiger partial charge in [0.15, 0.2) is 0 Å². The second kappa shape index (κ2) is 8.49. The number of H-pyrrole nitrogens is 1. The molecule has 156 valence electrons. The summed E-state index contributed by atoms with van der Waals surface area (Å²) in [5.41, 5.74) is 1.32. The molecular weight excluding hydrogens is 370 g/mol. The highest BCUT2D eigenvalue weighted by Gasteiger charge is 2.27. The highest BCUT2D eigenvalue weighted by molar-refractivity contribution is 5.78. The molecule has 2 fully saturated rings. The minimum Gasteiger partial charge on any atom is -0.378 e. The third-order valence-corrected chi connectivity index (χ3v) is 5.92. The summed E-state index contributed by atoms with van der Waals surface area (Å²) >= 11 is 0. The second-order valence-corrected chi connectivity index (χ2v) is 8.27. The van der Waals surface area contributed by atoms with E-state index in [1.165, 1.54) is 0 Å². The van der Waals surface area contributed by atoms with Gasteiger partial charge in [0.2, 0.25) is 11.9 Å². The molecule has 4 rings (SSSR count). The maximum absolute atomic E-state index is 12.7. The number of piperidine rings is 1. The predicted octanol–water partition coefficient (Wildman–Crippen LogP) is 2.05. The van der Waals surface area contributed by atoms with Crippen LogP contribution >= 0.6 is 0 Å². The Morgan fingerprint density at radius 2 is 2.21 bits per heavy atom. The van der Waals surface area contributed by atoms with Gasteiger partial charge < -0.3 is 19.5 Å². The minimum atomic E-state index is -0.176. The highest BCUT2D eigenvalue weighted by Crippen LogP contribution is 2.27. The summed E-state index contributed by atoms with van der Waals surface area (Å²) in [6.45, 7) is 2.24. The van der Waals surface area contributed by atoms with Crippen LogP contribution in [0, 0.1) is 0 Å². The smallest absolute Gasteiger partial charge is 0.259 e. The highest BCUT2D eigenvalue weighted by atomic mass is 16.5. The van der Waals surface area contributed by atoms with Gasteiger partial charge in [-0.2, -0.15) is 0 Å². The molecule has 0 saturated carbocycles. The van der Waals surface area contributed by atoms with Gasteiger partial charge in [0.1, 0.15) is 0 Å². The molecule has 2 aromatic rings. The fourth-order valence-electron chi connectivity index (χ4n) is 4.26. The topological polar surface area (TPSA) is 91.4 Å². The molecule has 0 bridgehead atoms. The number of carbonyl (C=O) groups excluding carboxylic acids is 1. The van der Waals surface area contributed by atoms with E-state index in [2.05, 4.69) is 15.0 Å². The first-order valence-electron chi connectivity index (χ1n) is 10.5. The lowest BCUT2D eigenvalue weighted by molar-refractivity contribution is -0.133. The predicted molar refractivity (Wildman–Crippen MR) is 111 cm³/mol. The van der Waals surface area contributed by atoms with Gasteiger partial charge in [-0.05, 0) is 38.2 Å². The van der Waals surface area contributed by atoms with Crippen molar-refractivity contribution in [1.82, 2.24) is 19.9 Å². The number of hydrogen-bond acceptors (Lipinski definition) is 6. The van der Waals surface area contributed by atoms with Crippen LogP contribution in [0.5, 0.6) is 0 Å². The zero-order valence-electron chi connectivity index (χ0n) is 17.2. The van der Waals surface area contributed by atoms with Crippen LogP contribution in [0.2, 0.25) is 0 Å². The molecule has 4 heterocycles. The van der Waals surface area contributed by atoms with Gasteiger partial charge >= 0.3 is 0 Å². The van der Waals surface area contributed by atoms with E-state index in [4.69, 9.17) is 4.74 Å². The van der Waals surface area contributed by atoms with E-state index in [1.54, 1.807) is 6.20 Å². The monoisotopic (exact) mass is 399 g/mol. The minimum absolute atomic E-state index is 0.116. The van der Waals surface area contributed by atoms with Crippen LogP contribution in [0.15, 0.2) is 17.1 Å². The van der Waals surface area contributed by atoms with Gasteiger partial charge in [0.05, 0.1) is 17.0 Å². The third-order valence-electron chi connectivity index (χ3n) is 5.92. The molecular formula is C21H29N5O3. The molecule has 8 heteroatoms. The molecule has 1 amide bonds. The maximum Gasteiger partial charge on any atom is 0.259 e. The number of carbonyl (C=O) groups is 1. The fraction of sp³-hybridized carbons (Fsp3) is 0.619. The van der Waals surface area contributed by atoms with Crippen LogP contribution < -0.4 is 10.5 Å². The molecule has 0 radical (unpaired) electrons. The number of fused-ring (bicyclic) bond motifs is 1. The Morgan fingerprint density at radius 3 is 2.97 bits per heavy atom. The summed E-state index contributed by atoms with van der Waals surface area (Å²) < 4.78 is 5.64. The first-order chi connectivity index (χ1) is 14.0. The lowest BCUT2D eigenvalue weighted by atomic mass is 9.93. The summed E-state index contributed by atoms with van der Waals surface area (Å²) in [6, 6.07) is 1.94. The standard InChI is InChI=1S/C21H29N5O3/c1-25(2)21-22-12-16-18(24-21)11-17(23-20(16)28)14-5-3-9-26(13-14)19(27)8-7-15-6-4-10-29-15/h11-12,14-15H,3-10,13H2,1-2H3,(H,23,28)/t14-,15+/m0/s1. The Hall–Kier alpha value is -2.48. The molecule has 2 aliphatic heterocycles. The van der Waals surface area contributed by atoms with E-state index in [0.29, 0.717) is 29.8 Å². The molecule has 0 aliphatic carbocycles. The molecule has 0 unspecified atom stereocenters. The molecule has 2 aromatic heterocycles. The molecule has 2 aliphatic rings. The van der Waals surface area contributed by atoms with E-state index in [-0.39, 0.29) is 23.5 Å². The lowest BCUT2D eigenvalue weighted by Gasteiger charge is -2.33. The van der Waals surface area contributed by atoms with Crippen LogP contribution in [0.1, 0.15) is 50.1 Å². The molecule has 8 nitrogen and oxygen atoms in total. The maximum atomic E-state index is 12.7. The van der Waals surface area contributed by atoms with E-state index in [0.717, 1.165) is 50.9 Å². The first kappa shape index (κ1) is 19.8. The van der Waals surface area contributed by atoms with Crippen molar-refractivity contribution in [2.75, 3.05) is 38.7 Å². The number of aromatic nitrogens is 3. The lowest BCUT2D eigenvalue weighted by Crippen LogP contribution is -2.39. The van der Waals surface area contributed by atoms with Crippen LogP contribution in [0.4, 0.5) is 5.95 Å². The van der Waals surface area contributed by atoms with Crippen molar-refractivity contribution in [2.45, 2.75) is 50.5 Å². The Balaban J connectivity index is 1.49. The number of hydrogen-bond donors (Lipinski definition) is 1. The van der Waals surface area contributed by atoms with Crippen molar-refractivity contribution in [3.8, 4) is 0 Å². The Bertz CT molecular complexity index is 936. The molecule has 0 spiro atoms. The van der Waals surface area contributed by atoms with Gasteiger partial charge in [0.25, 0.3) is 5.56 Å². The summed E-state index contributed by atoms with van der Waals surface area (Å²) in [4.78, 5) is 40.8. The van der Waals surface area contributed by atoms with E-state index >= 15 is 0 Å². The zero-order chi connectivity index (χ0) is 20.4. The van der Waals surface area contributed by atoms with Crippen LogP contribution in [0.3, 0.4) is 0 Å². The third kappa shape index (κ3) is 4.42. The molecule has 2 atom stereocenters. The summed E-state index contributed by atoms with van der Waals surface area (Å²) in [5.74, 6) is 0.875. The van der Waals surface area contributed by atoms with Gasteiger partial charge in [-0.25, -0.2) is 9.97 Å². The molecule has 29 heavy (non-hydrogen) atoms. The number of aromatic amines is 1. The van der Waals surface area contributed by atoms with Gasteiger partial charge in [-0.1, -0.05) is 0 Å². The number of ether oxygens (including phenoxy) is 1. The first-order valence-corrected chi connectivity index (χ1v) is 10.5. The summed E-state index contributed by atoms with van der Waals surface area (Å²) in [7, 11) is 3.74. The average Bonchev–Trinajstić information content (AvgIpc) is 3.25. The van der Waals surface area contributed by atoms with Crippen LogP contribution in [0.25, 0.3) is 10.9 Å². The molecule has 2 saturated heterocycles. The van der Waals surface area contributed by atoms with Crippen molar-refractivity contribution in [1.29, 1.82) is 0 Å². The Labute approximate surface area is 170 Å². The van der Waals surface area contributed by atoms with Crippen molar-refractivity contribution < 1.29 is 9.53 Å². The summed E-state index contributed by atoms with van der Waals surface area (Å²) in [6.07, 6.45) is 7.18. The average molecular weight is 399 g/mol. The number of anilines is 1. The second-order valence-electron chi connectivity index (χ2n) is 8.27. The number of likely N-dealkylation sites (tertiary alicyclic amines) is 1. The van der Waals surface area contributed by atoms with Crippen LogP contribution in [-0.2, 0) is 9.53 Å². The number of pyridine rings is 1. The Kier molecular flexibility index (Phi) is 5.80. The molecule has 1 N–H and O–H groups in total. The van der Waals surface area contributed by atoms with Crippen molar-refractivity contribution >= 4 is 22.8 Å². The van der Waals surface area contributed by atoms with Crippen molar-refractivity contribution in [3.05, 3.63) is 28.3 Å². The normalized spacial score (nSPS) is 22.2. The zero-order valence-corrected chi connectivity index (χ0v) is 17.2. The van der Waals surface area contributed by atoms with Gasteiger partial charge in [0, 0.05) is 58.0 Å². The molecule has 0 aromatic carbocycles. The van der Waals surface area contributed by atoms with E-state index in [1.807, 2.05) is 30.0 Å². The summed E-state index contributed by atoms with van der Waals surface area (Å²) in [5, 5.41) is 0.486. The van der Waals surface area contributed by atoms with Crippen LogP contribution in [-0.4, -0.2) is 65.7 Å². The number of nitrogens with one attached hydrogen (secondary N) is 1. The number of rotatable bonds is 5. The fourth-order valence-corrected chi connectivity index (χ4v) is 4.26. The van der Waals surface area contributed by atoms with Crippen molar-refractivity contribution in [3.63, 3.8) is 0 Å². The largest absolute Gasteiger partial charge is 0.378 e.